The van der Waals surface area contributed by atoms with Gasteiger partial charge in [-0.1, -0.05) is 0 Å². The van der Waals surface area contributed by atoms with Crippen molar-refractivity contribution in [3.05, 3.63) is 0 Å². The van der Waals surface area contributed by atoms with Crippen molar-refractivity contribution < 1.29 is 47.7 Å². The van der Waals surface area contributed by atoms with Crippen LogP contribution in [-0.4, -0.2) is 43.1 Å². The van der Waals surface area contributed by atoms with Gasteiger partial charge in [0.1, 0.15) is 0 Å². The van der Waals surface area contributed by atoms with E-state index in [-0.39, 0.29) is 6.42 Å². The van der Waals surface area contributed by atoms with E-state index < -0.39 is 40.2 Å². The zero-order chi connectivity index (χ0) is 14.6. The number of carboxylic acids is 1. The summed E-state index contributed by atoms with van der Waals surface area (Å²) in [5.41, 5.74) is -1.81. The Hall–Kier alpha value is -0.310. The summed E-state index contributed by atoms with van der Waals surface area (Å²) in [5, 5.41) is 17.3. The van der Waals surface area contributed by atoms with E-state index >= 15 is 0 Å². The minimum Gasteiger partial charge on any atom is -0.481 e. The van der Waals surface area contributed by atoms with Gasteiger partial charge in [-0.3, -0.25) is 9.32 Å². The zero-order valence-electron chi connectivity index (χ0n) is 9.29. The number of carbonyl (C=O) groups is 1. The number of rotatable bonds is 8. The summed E-state index contributed by atoms with van der Waals surface area (Å²) < 4.78 is 29.6. The Balaban J connectivity index is 4.92. The second kappa shape index (κ2) is 6.23. The van der Waals surface area contributed by atoms with E-state index in [2.05, 4.69) is 8.83 Å². The summed E-state index contributed by atoms with van der Waals surface area (Å²) in [6.07, 6.45) is -1.10. The quantitative estimate of drug-likeness (QED) is 0.379. The molecule has 0 radical (unpaired) electrons. The molecule has 0 saturated heterocycles. The van der Waals surface area contributed by atoms with Crippen LogP contribution in [0.25, 0.3) is 0 Å². The van der Waals surface area contributed by atoms with Crippen molar-refractivity contribution >= 4 is 21.6 Å². The number of aliphatic hydroxyl groups excluding tert-OH is 1. The first kappa shape index (κ1) is 17.7. The summed E-state index contributed by atoms with van der Waals surface area (Å²) in [4.78, 5) is 36.3. The van der Waals surface area contributed by atoms with Crippen molar-refractivity contribution in [2.45, 2.75) is 25.4 Å². The molecule has 0 aliphatic rings. The van der Waals surface area contributed by atoms with Crippen LogP contribution >= 0.6 is 15.6 Å². The molecule has 10 nitrogen and oxygen atoms in total. The van der Waals surface area contributed by atoms with Crippen LogP contribution in [0.3, 0.4) is 0 Å². The summed E-state index contributed by atoms with van der Waals surface area (Å²) in [5.74, 6) is -1.39. The largest absolute Gasteiger partial charge is 0.481 e. The van der Waals surface area contributed by atoms with Crippen LogP contribution < -0.4 is 0 Å². The lowest BCUT2D eigenvalue weighted by Gasteiger charge is -2.28. The molecule has 0 spiro atoms. The Morgan fingerprint density at radius 3 is 2.11 bits per heavy atom. The van der Waals surface area contributed by atoms with Gasteiger partial charge in [0.25, 0.3) is 0 Å². The fourth-order valence-electron chi connectivity index (χ4n) is 1.15. The molecule has 1 unspecified atom stereocenters. The van der Waals surface area contributed by atoms with Gasteiger partial charge in [0, 0.05) is 13.0 Å². The second-order valence-corrected chi connectivity index (χ2v) is 6.38. The molecule has 0 rings (SSSR count). The molecule has 0 aliphatic heterocycles. The molecule has 12 heteroatoms. The Bertz CT molecular complexity index is 388. The van der Waals surface area contributed by atoms with E-state index in [0.717, 1.165) is 6.92 Å². The highest BCUT2D eigenvalue weighted by molar-refractivity contribution is 7.60. The van der Waals surface area contributed by atoms with E-state index in [1.54, 1.807) is 0 Å². The standard InChI is InChI=1S/C6H14O10P2/c1-6(2-3-7,4-5(8)9)15-18(13,14)16-17(10,11)12/h7H,2-4H2,1H3,(H,8,9)(H,13,14)(H2,10,11,12)/t6-/m1/s1. The maximum Gasteiger partial charge on any atom is 0.481 e. The van der Waals surface area contributed by atoms with Gasteiger partial charge >= 0.3 is 21.6 Å². The van der Waals surface area contributed by atoms with Crippen molar-refractivity contribution in [3.8, 4) is 0 Å². The van der Waals surface area contributed by atoms with Crippen LogP contribution in [0.4, 0.5) is 0 Å². The van der Waals surface area contributed by atoms with Crippen molar-refractivity contribution in [2.75, 3.05) is 6.61 Å². The van der Waals surface area contributed by atoms with Gasteiger partial charge in [-0.2, -0.15) is 4.31 Å². The van der Waals surface area contributed by atoms with E-state index in [1.165, 1.54) is 0 Å². The van der Waals surface area contributed by atoms with Crippen molar-refractivity contribution in [2.24, 2.45) is 0 Å². The molecule has 0 saturated carbocycles. The van der Waals surface area contributed by atoms with Crippen molar-refractivity contribution in [1.82, 2.24) is 0 Å². The molecule has 0 fully saturated rings. The zero-order valence-corrected chi connectivity index (χ0v) is 11.1. The lowest BCUT2D eigenvalue weighted by Crippen LogP contribution is -2.32. The van der Waals surface area contributed by atoms with Crippen LogP contribution in [0.15, 0.2) is 0 Å². The van der Waals surface area contributed by atoms with Crippen LogP contribution in [0.1, 0.15) is 19.8 Å². The monoisotopic (exact) mass is 308 g/mol. The lowest BCUT2D eigenvalue weighted by molar-refractivity contribution is -0.141. The fraction of sp³-hybridized carbons (Fsp3) is 0.833. The van der Waals surface area contributed by atoms with Gasteiger partial charge in [-0.05, 0) is 6.92 Å². The summed E-state index contributed by atoms with van der Waals surface area (Å²) >= 11 is 0. The predicted molar refractivity (Wildman–Crippen MR) is 56.4 cm³/mol. The van der Waals surface area contributed by atoms with E-state index in [4.69, 9.17) is 24.9 Å². The first-order chi connectivity index (χ1) is 7.89. The van der Waals surface area contributed by atoms with Gasteiger partial charge in [-0.25, -0.2) is 9.13 Å². The smallest absolute Gasteiger partial charge is 0.481 e. The molecule has 0 amide bonds. The molecular formula is C6H14O10P2. The number of hydrogen-bond donors (Lipinski definition) is 5. The van der Waals surface area contributed by atoms with Gasteiger partial charge in [0.05, 0.1) is 12.0 Å². The molecular weight excluding hydrogens is 294 g/mol. The highest BCUT2D eigenvalue weighted by Crippen LogP contribution is 2.59. The maximum absolute atomic E-state index is 11.2. The molecule has 0 aliphatic carbocycles. The van der Waals surface area contributed by atoms with Crippen LogP contribution in [0.5, 0.6) is 0 Å². The van der Waals surface area contributed by atoms with E-state index in [0.29, 0.717) is 0 Å². The number of carboxylic acid groups (broad SMARTS) is 1. The summed E-state index contributed by atoms with van der Waals surface area (Å²) in [7, 11) is -10.4. The molecule has 0 aromatic rings. The Kier molecular flexibility index (Phi) is 6.12. The summed E-state index contributed by atoms with van der Waals surface area (Å²) in [6.45, 7) is 0.531. The van der Waals surface area contributed by atoms with Crippen molar-refractivity contribution in [1.29, 1.82) is 0 Å². The third kappa shape index (κ3) is 7.91. The number of phosphoric ester groups is 1. The lowest BCUT2D eigenvalue weighted by atomic mass is 9.99. The van der Waals surface area contributed by atoms with E-state index in [1.807, 2.05) is 0 Å². The van der Waals surface area contributed by atoms with Crippen LogP contribution in [0.2, 0.25) is 0 Å². The third-order valence-corrected chi connectivity index (χ3v) is 4.06. The summed E-state index contributed by atoms with van der Waals surface area (Å²) in [6, 6.07) is 0. The fourth-order valence-corrected chi connectivity index (χ4v) is 3.07. The second-order valence-electron chi connectivity index (χ2n) is 3.63. The number of phosphoric acid groups is 2. The first-order valence-corrected chi connectivity index (χ1v) is 7.55. The predicted octanol–water partition coefficient (Wildman–Crippen LogP) is -0.171. The van der Waals surface area contributed by atoms with E-state index in [9.17, 15) is 13.9 Å². The normalized spacial score (nSPS) is 18.9. The Morgan fingerprint density at radius 2 is 1.78 bits per heavy atom. The number of aliphatic carboxylic acids is 1. The molecule has 108 valence electrons. The number of hydrogen-bond acceptors (Lipinski definition) is 6. The number of aliphatic hydroxyl groups is 1. The van der Waals surface area contributed by atoms with Gasteiger partial charge in [0.2, 0.25) is 0 Å². The molecule has 0 bridgehead atoms. The van der Waals surface area contributed by atoms with Gasteiger partial charge in [0.15, 0.2) is 0 Å². The first-order valence-electron chi connectivity index (χ1n) is 4.52. The average Bonchev–Trinajstić information content (AvgIpc) is 1.93. The molecule has 0 aromatic heterocycles. The maximum atomic E-state index is 11.2. The third-order valence-electron chi connectivity index (χ3n) is 1.71. The molecule has 0 aromatic carbocycles. The SMILES string of the molecule is C[C@@](CCO)(CC(=O)O)OP(=O)(O)OP(=O)(O)O. The minimum absolute atomic E-state index is 0.339. The highest BCUT2D eigenvalue weighted by Gasteiger charge is 2.41. The molecule has 0 heterocycles. The molecule has 2 atom stereocenters. The van der Waals surface area contributed by atoms with Crippen molar-refractivity contribution in [3.63, 3.8) is 0 Å². The Labute approximate surface area is 102 Å². The molecule has 5 N–H and O–H groups in total. The molecule has 18 heavy (non-hydrogen) atoms. The average molecular weight is 308 g/mol. The minimum atomic E-state index is -5.27. The Morgan fingerprint density at radius 1 is 1.28 bits per heavy atom. The van der Waals surface area contributed by atoms with Crippen LogP contribution in [-0.2, 0) is 22.8 Å². The van der Waals surface area contributed by atoms with Gasteiger partial charge < -0.3 is 24.9 Å². The van der Waals surface area contributed by atoms with Gasteiger partial charge in [-0.15, -0.1) is 0 Å². The topological polar surface area (TPSA) is 171 Å². The van der Waals surface area contributed by atoms with Crippen LogP contribution in [0, 0.1) is 0 Å². The highest BCUT2D eigenvalue weighted by atomic mass is 31.3.